The molecule has 2 heterocycles. The van der Waals surface area contributed by atoms with E-state index in [1.54, 1.807) is 6.07 Å². The summed E-state index contributed by atoms with van der Waals surface area (Å²) in [6.45, 7) is 3.41. The highest BCUT2D eigenvalue weighted by molar-refractivity contribution is 6.31. The predicted molar refractivity (Wildman–Crippen MR) is 112 cm³/mol. The van der Waals surface area contributed by atoms with E-state index < -0.39 is 0 Å². The summed E-state index contributed by atoms with van der Waals surface area (Å²) in [5.74, 6) is 0.0451. The Hall–Kier alpha value is -2.53. The third kappa shape index (κ3) is 4.14. The van der Waals surface area contributed by atoms with Crippen LogP contribution in [0, 0.1) is 0 Å². The molecule has 0 aromatic heterocycles. The normalized spacial score (nSPS) is 16.7. The number of likely N-dealkylation sites (tertiary alicyclic amines) is 1. The van der Waals surface area contributed by atoms with Crippen LogP contribution in [-0.4, -0.2) is 36.3 Å². The van der Waals surface area contributed by atoms with Crippen molar-refractivity contribution in [2.24, 2.45) is 0 Å². The number of hydrogen-bond donors (Lipinski definition) is 1. The van der Waals surface area contributed by atoms with Crippen molar-refractivity contribution in [2.45, 2.75) is 32.2 Å². The molecule has 0 spiro atoms. The van der Waals surface area contributed by atoms with Crippen LogP contribution in [0.5, 0.6) is 0 Å². The van der Waals surface area contributed by atoms with E-state index in [0.29, 0.717) is 23.6 Å². The largest absolute Gasteiger partial charge is 0.370 e. The first kappa shape index (κ1) is 18.8. The van der Waals surface area contributed by atoms with Crippen LogP contribution < -0.4 is 10.2 Å². The zero-order chi connectivity index (χ0) is 19.5. The maximum absolute atomic E-state index is 12.8. The molecule has 4 rings (SSSR count). The van der Waals surface area contributed by atoms with Gasteiger partial charge in [-0.2, -0.15) is 0 Å². The Labute approximate surface area is 170 Å². The Kier molecular flexibility index (Phi) is 5.53. The smallest absolute Gasteiger partial charge is 0.255 e. The lowest BCUT2D eigenvalue weighted by Gasteiger charge is -2.22. The molecule has 28 heavy (non-hydrogen) atoms. The van der Waals surface area contributed by atoms with Crippen molar-refractivity contribution in [1.29, 1.82) is 0 Å². The Morgan fingerprint density at radius 3 is 2.43 bits per heavy atom. The van der Waals surface area contributed by atoms with E-state index in [-0.39, 0.29) is 11.8 Å². The first-order valence-electron chi connectivity index (χ1n) is 9.83. The maximum Gasteiger partial charge on any atom is 0.255 e. The second kappa shape index (κ2) is 8.23. The zero-order valence-corrected chi connectivity index (χ0v) is 16.5. The molecule has 0 radical (unpaired) electrons. The lowest BCUT2D eigenvalue weighted by molar-refractivity contribution is -0.128. The molecule has 0 unspecified atom stereocenters. The first-order chi connectivity index (χ1) is 13.6. The van der Waals surface area contributed by atoms with Crippen LogP contribution in [0.3, 0.4) is 0 Å². The minimum Gasteiger partial charge on any atom is -0.370 e. The molecule has 6 heteroatoms. The lowest BCUT2D eigenvalue weighted by Crippen LogP contribution is -2.24. The summed E-state index contributed by atoms with van der Waals surface area (Å²) in [5, 5.41) is 3.62. The zero-order valence-electron chi connectivity index (χ0n) is 15.8. The summed E-state index contributed by atoms with van der Waals surface area (Å²) >= 11 is 6.16. The monoisotopic (exact) mass is 397 g/mol. The topological polar surface area (TPSA) is 52.7 Å². The van der Waals surface area contributed by atoms with Crippen molar-refractivity contribution in [3.05, 3.63) is 58.6 Å². The highest BCUT2D eigenvalue weighted by atomic mass is 35.5. The molecule has 0 saturated carbocycles. The lowest BCUT2D eigenvalue weighted by atomic mass is 10.1. The number of carbonyl (C=O) groups is 2. The van der Waals surface area contributed by atoms with Gasteiger partial charge in [0.25, 0.3) is 5.91 Å². The minimum absolute atomic E-state index is 0.161. The van der Waals surface area contributed by atoms with Gasteiger partial charge < -0.3 is 15.1 Å². The Morgan fingerprint density at radius 1 is 1.00 bits per heavy atom. The van der Waals surface area contributed by atoms with Crippen LogP contribution in [0.1, 0.15) is 41.6 Å². The molecular formula is C22H24ClN3O2. The molecule has 146 valence electrons. The summed E-state index contributed by atoms with van der Waals surface area (Å²) in [7, 11) is 0. The summed E-state index contributed by atoms with van der Waals surface area (Å²) in [6.07, 6.45) is 3.89. The van der Waals surface area contributed by atoms with E-state index >= 15 is 0 Å². The summed E-state index contributed by atoms with van der Waals surface area (Å²) in [5.41, 5.74) is 3.38. The summed E-state index contributed by atoms with van der Waals surface area (Å²) < 4.78 is 0. The van der Waals surface area contributed by atoms with Crippen molar-refractivity contribution in [3.8, 4) is 0 Å². The van der Waals surface area contributed by atoms with Crippen molar-refractivity contribution in [3.63, 3.8) is 0 Å². The number of carbonyl (C=O) groups excluding carboxylic acids is 2. The van der Waals surface area contributed by atoms with Crippen molar-refractivity contribution in [1.82, 2.24) is 4.90 Å². The molecular weight excluding hydrogens is 374 g/mol. The summed E-state index contributed by atoms with van der Waals surface area (Å²) in [6, 6.07) is 13.1. The Bertz CT molecular complexity index is 876. The third-order valence-electron chi connectivity index (χ3n) is 5.41. The molecule has 2 aromatic rings. The highest BCUT2D eigenvalue weighted by Crippen LogP contribution is 2.32. The number of hydrogen-bond acceptors (Lipinski definition) is 3. The fourth-order valence-electron chi connectivity index (χ4n) is 3.89. The van der Waals surface area contributed by atoms with Gasteiger partial charge in [0.05, 0.1) is 11.4 Å². The van der Waals surface area contributed by atoms with E-state index in [2.05, 4.69) is 10.2 Å². The molecule has 2 aliphatic rings. The van der Waals surface area contributed by atoms with Crippen molar-refractivity contribution >= 4 is 34.8 Å². The fourth-order valence-corrected chi connectivity index (χ4v) is 4.06. The number of amides is 2. The van der Waals surface area contributed by atoms with E-state index in [9.17, 15) is 9.59 Å². The predicted octanol–water partition coefficient (Wildman–Crippen LogP) is 4.31. The van der Waals surface area contributed by atoms with Gasteiger partial charge in [-0.1, -0.05) is 23.7 Å². The van der Waals surface area contributed by atoms with Crippen molar-refractivity contribution in [2.75, 3.05) is 29.9 Å². The minimum atomic E-state index is -0.161. The molecule has 5 nitrogen and oxygen atoms in total. The van der Waals surface area contributed by atoms with Crippen LogP contribution in [-0.2, 0) is 11.3 Å². The van der Waals surface area contributed by atoms with Gasteiger partial charge in [0.1, 0.15) is 0 Å². The van der Waals surface area contributed by atoms with Crippen LogP contribution in [0.2, 0.25) is 5.02 Å². The van der Waals surface area contributed by atoms with E-state index in [0.717, 1.165) is 55.8 Å². The first-order valence-corrected chi connectivity index (χ1v) is 10.2. The second-order valence-corrected chi connectivity index (χ2v) is 7.86. The van der Waals surface area contributed by atoms with Gasteiger partial charge in [-0.3, -0.25) is 9.59 Å². The maximum atomic E-state index is 12.8. The number of anilines is 2. The second-order valence-electron chi connectivity index (χ2n) is 7.43. The van der Waals surface area contributed by atoms with Crippen LogP contribution >= 0.6 is 11.6 Å². The van der Waals surface area contributed by atoms with Gasteiger partial charge in [-0.15, -0.1) is 0 Å². The van der Waals surface area contributed by atoms with Gasteiger partial charge in [0.2, 0.25) is 5.91 Å². The molecule has 2 fully saturated rings. The fraction of sp³-hybridized carbons (Fsp3) is 0.364. The quantitative estimate of drug-likeness (QED) is 0.817. The van der Waals surface area contributed by atoms with Gasteiger partial charge in [0, 0.05) is 43.2 Å². The van der Waals surface area contributed by atoms with Crippen LogP contribution in [0.25, 0.3) is 0 Å². The summed E-state index contributed by atoms with van der Waals surface area (Å²) in [4.78, 5) is 28.7. The number of benzene rings is 2. The average Bonchev–Trinajstić information content (AvgIpc) is 3.35. The molecule has 0 aliphatic carbocycles. The molecule has 2 amide bonds. The van der Waals surface area contributed by atoms with E-state index in [1.165, 1.54) is 0 Å². The third-order valence-corrected chi connectivity index (χ3v) is 5.65. The van der Waals surface area contributed by atoms with E-state index in [1.807, 2.05) is 41.3 Å². The van der Waals surface area contributed by atoms with Crippen molar-refractivity contribution < 1.29 is 9.59 Å². The number of halogens is 1. The standard InChI is InChI=1S/C22H24ClN3O2/c23-18-9-10-20(25-11-1-2-12-25)19(14-18)24-22(28)17-7-5-16(6-8-17)15-26-13-3-4-21(26)27/h5-10,14H,1-4,11-13,15H2,(H,24,28). The van der Waals surface area contributed by atoms with Gasteiger partial charge in [-0.05, 0) is 55.2 Å². The van der Waals surface area contributed by atoms with Crippen LogP contribution in [0.4, 0.5) is 11.4 Å². The molecule has 2 saturated heterocycles. The molecule has 0 atom stereocenters. The Morgan fingerprint density at radius 2 is 1.75 bits per heavy atom. The van der Waals surface area contributed by atoms with Gasteiger partial charge in [-0.25, -0.2) is 0 Å². The number of nitrogens with one attached hydrogen (secondary N) is 1. The van der Waals surface area contributed by atoms with Gasteiger partial charge >= 0.3 is 0 Å². The molecule has 1 N–H and O–H groups in total. The van der Waals surface area contributed by atoms with E-state index in [4.69, 9.17) is 11.6 Å². The SMILES string of the molecule is O=C(Nc1cc(Cl)ccc1N1CCCC1)c1ccc(CN2CCCC2=O)cc1. The highest BCUT2D eigenvalue weighted by Gasteiger charge is 2.20. The van der Waals surface area contributed by atoms with Crippen LogP contribution in [0.15, 0.2) is 42.5 Å². The number of nitrogens with zero attached hydrogens (tertiary/aromatic N) is 2. The Balaban J connectivity index is 1.46. The average molecular weight is 398 g/mol. The molecule has 0 bridgehead atoms. The molecule has 2 aliphatic heterocycles. The molecule has 2 aromatic carbocycles. The van der Waals surface area contributed by atoms with Gasteiger partial charge in [0.15, 0.2) is 0 Å². The number of rotatable bonds is 5.